The summed E-state index contributed by atoms with van der Waals surface area (Å²) < 4.78 is 17.7. The van der Waals surface area contributed by atoms with E-state index in [4.69, 9.17) is 14.2 Å². The summed E-state index contributed by atoms with van der Waals surface area (Å²) in [5.41, 5.74) is 0.567. The highest BCUT2D eigenvalue weighted by Gasteiger charge is 2.35. The molecule has 2 amide bonds. The molecular formula is C22H29N3O5. The Bertz CT molecular complexity index is 837. The van der Waals surface area contributed by atoms with Crippen molar-refractivity contribution >= 4 is 11.8 Å². The van der Waals surface area contributed by atoms with Gasteiger partial charge in [-0.2, -0.15) is 5.26 Å². The van der Waals surface area contributed by atoms with Gasteiger partial charge in [0, 0.05) is 34.2 Å². The van der Waals surface area contributed by atoms with E-state index in [0.717, 1.165) is 12.8 Å². The molecule has 4 atom stereocenters. The van der Waals surface area contributed by atoms with Gasteiger partial charge < -0.3 is 24.0 Å². The summed E-state index contributed by atoms with van der Waals surface area (Å²) >= 11 is 0. The van der Waals surface area contributed by atoms with E-state index in [-0.39, 0.29) is 41.4 Å². The minimum absolute atomic E-state index is 0.0404. The van der Waals surface area contributed by atoms with Gasteiger partial charge in [-0.3, -0.25) is 9.59 Å². The van der Waals surface area contributed by atoms with Gasteiger partial charge in [0.05, 0.1) is 29.9 Å². The van der Waals surface area contributed by atoms with E-state index in [1.807, 2.05) is 0 Å². The van der Waals surface area contributed by atoms with Crippen LogP contribution in [-0.2, 0) is 14.3 Å². The third-order valence-corrected chi connectivity index (χ3v) is 6.00. The number of methoxy groups -OCH3 is 1. The van der Waals surface area contributed by atoms with Crippen molar-refractivity contribution in [2.45, 2.75) is 50.5 Å². The van der Waals surface area contributed by atoms with Crippen molar-refractivity contribution in [2.24, 2.45) is 0 Å². The van der Waals surface area contributed by atoms with Gasteiger partial charge in [-0.05, 0) is 31.9 Å². The molecule has 1 saturated heterocycles. The topological polar surface area (TPSA) is 92.1 Å². The van der Waals surface area contributed by atoms with Crippen LogP contribution in [0.5, 0.6) is 5.75 Å². The minimum Gasteiger partial charge on any atom is -0.491 e. The van der Waals surface area contributed by atoms with Crippen LogP contribution in [0.4, 0.5) is 0 Å². The van der Waals surface area contributed by atoms with Crippen LogP contribution >= 0.6 is 0 Å². The van der Waals surface area contributed by atoms with Crippen molar-refractivity contribution in [3.63, 3.8) is 0 Å². The normalized spacial score (nSPS) is 28.2. The number of carbonyl (C=O) groups is 2. The number of hydrogen-bond donors (Lipinski definition) is 0. The lowest BCUT2D eigenvalue weighted by atomic mass is 9.98. The first kappa shape index (κ1) is 22.1. The highest BCUT2D eigenvalue weighted by Crippen LogP contribution is 2.28. The van der Waals surface area contributed by atoms with Crippen LogP contribution in [0.3, 0.4) is 0 Å². The summed E-state index contributed by atoms with van der Waals surface area (Å²) in [6.07, 6.45) is 1.89. The van der Waals surface area contributed by atoms with Gasteiger partial charge >= 0.3 is 0 Å². The van der Waals surface area contributed by atoms with Gasteiger partial charge in [-0.15, -0.1) is 0 Å². The SMILES string of the molecule is CO[C@H]1CC[C@H]2CCOc3c(C#N)cccc3C(=O)N(C)[C@H](C)C(=O)N(C)C[C@@H]1O2. The molecule has 1 fully saturated rings. The van der Waals surface area contributed by atoms with Gasteiger partial charge in [-0.1, -0.05) is 6.07 Å². The lowest BCUT2D eigenvalue weighted by Crippen LogP contribution is -2.52. The number of likely N-dealkylation sites (N-methyl/N-ethyl adjacent to an activating group) is 2. The number of rotatable bonds is 1. The number of nitriles is 1. The third-order valence-electron chi connectivity index (χ3n) is 6.00. The van der Waals surface area contributed by atoms with Crippen molar-refractivity contribution in [3.8, 4) is 11.8 Å². The first-order valence-corrected chi connectivity index (χ1v) is 10.2. The Hall–Kier alpha value is -2.63. The minimum atomic E-state index is -0.690. The zero-order valence-corrected chi connectivity index (χ0v) is 18.0. The van der Waals surface area contributed by atoms with Crippen LogP contribution in [-0.4, -0.2) is 80.3 Å². The predicted octanol–water partition coefficient (Wildman–Crippen LogP) is 1.82. The van der Waals surface area contributed by atoms with E-state index < -0.39 is 6.04 Å². The fourth-order valence-corrected chi connectivity index (χ4v) is 4.03. The van der Waals surface area contributed by atoms with E-state index in [1.165, 1.54) is 4.90 Å². The third kappa shape index (κ3) is 4.42. The molecule has 8 nitrogen and oxygen atoms in total. The molecule has 0 radical (unpaired) electrons. The average molecular weight is 415 g/mol. The molecule has 2 bridgehead atoms. The predicted molar refractivity (Wildman–Crippen MR) is 109 cm³/mol. The van der Waals surface area contributed by atoms with Crippen molar-refractivity contribution < 1.29 is 23.8 Å². The molecule has 30 heavy (non-hydrogen) atoms. The van der Waals surface area contributed by atoms with Gasteiger partial charge in [0.25, 0.3) is 5.91 Å². The number of amides is 2. The second-order valence-electron chi connectivity index (χ2n) is 7.89. The Labute approximate surface area is 177 Å². The van der Waals surface area contributed by atoms with E-state index in [0.29, 0.717) is 25.1 Å². The summed E-state index contributed by atoms with van der Waals surface area (Å²) in [6.45, 7) is 2.40. The van der Waals surface area contributed by atoms with Crippen molar-refractivity contribution in [1.29, 1.82) is 5.26 Å². The second-order valence-corrected chi connectivity index (χ2v) is 7.89. The first-order valence-electron chi connectivity index (χ1n) is 10.2. The maximum Gasteiger partial charge on any atom is 0.258 e. The number of hydrogen-bond acceptors (Lipinski definition) is 6. The van der Waals surface area contributed by atoms with Crippen LogP contribution < -0.4 is 4.74 Å². The maximum atomic E-state index is 13.2. The lowest BCUT2D eigenvalue weighted by Gasteiger charge is -2.39. The number of benzene rings is 1. The summed E-state index contributed by atoms with van der Waals surface area (Å²) in [5, 5.41) is 9.49. The zero-order chi connectivity index (χ0) is 21.8. The Morgan fingerprint density at radius 2 is 1.97 bits per heavy atom. The Balaban J connectivity index is 1.96. The molecule has 0 aliphatic carbocycles. The smallest absolute Gasteiger partial charge is 0.258 e. The Morgan fingerprint density at radius 1 is 1.20 bits per heavy atom. The quantitative estimate of drug-likeness (QED) is 0.695. The molecule has 162 valence electrons. The van der Waals surface area contributed by atoms with Crippen molar-refractivity contribution in [3.05, 3.63) is 29.3 Å². The highest BCUT2D eigenvalue weighted by molar-refractivity contribution is 6.00. The van der Waals surface area contributed by atoms with Gasteiger partial charge in [0.1, 0.15) is 24.0 Å². The monoisotopic (exact) mass is 415 g/mol. The van der Waals surface area contributed by atoms with Crippen LogP contribution in [0.15, 0.2) is 18.2 Å². The molecule has 0 N–H and O–H groups in total. The number of carbonyl (C=O) groups excluding carboxylic acids is 2. The zero-order valence-electron chi connectivity index (χ0n) is 18.0. The lowest BCUT2D eigenvalue weighted by molar-refractivity contribution is -0.152. The maximum absolute atomic E-state index is 13.2. The number of fused-ring (bicyclic) bond motifs is 3. The van der Waals surface area contributed by atoms with Crippen LogP contribution in [0.25, 0.3) is 0 Å². The highest BCUT2D eigenvalue weighted by atomic mass is 16.5. The molecular weight excluding hydrogens is 386 g/mol. The molecule has 1 aromatic rings. The van der Waals surface area contributed by atoms with E-state index in [1.54, 1.807) is 51.2 Å². The molecule has 2 heterocycles. The molecule has 2 aliphatic heterocycles. The molecule has 8 heteroatoms. The first-order chi connectivity index (χ1) is 14.4. The van der Waals surface area contributed by atoms with Crippen LogP contribution in [0.1, 0.15) is 42.1 Å². The average Bonchev–Trinajstić information content (AvgIpc) is 2.76. The van der Waals surface area contributed by atoms with E-state index in [9.17, 15) is 14.9 Å². The Morgan fingerprint density at radius 3 is 2.67 bits per heavy atom. The van der Waals surface area contributed by atoms with Gasteiger partial charge in [0.2, 0.25) is 5.91 Å². The Kier molecular flexibility index (Phi) is 6.95. The standard InChI is InChI=1S/C22H29N3O5/c1-14-21(26)24(2)13-19-18(28-4)9-8-16(30-19)10-11-29-20-15(12-23)6-5-7-17(20)22(27)25(14)3/h5-7,14,16,18-19H,8-11,13H2,1-4H3/t14-,16+,18+,19+/m1/s1. The molecule has 0 unspecified atom stereocenters. The molecule has 2 aliphatic rings. The molecule has 3 rings (SSSR count). The summed E-state index contributed by atoms with van der Waals surface area (Å²) in [6, 6.07) is 6.29. The van der Waals surface area contributed by atoms with E-state index in [2.05, 4.69) is 6.07 Å². The van der Waals surface area contributed by atoms with Crippen LogP contribution in [0, 0.1) is 11.3 Å². The van der Waals surface area contributed by atoms with Crippen LogP contribution in [0.2, 0.25) is 0 Å². The van der Waals surface area contributed by atoms with Gasteiger partial charge in [0.15, 0.2) is 0 Å². The molecule has 0 saturated carbocycles. The largest absolute Gasteiger partial charge is 0.491 e. The van der Waals surface area contributed by atoms with Crippen molar-refractivity contribution in [2.75, 3.05) is 34.4 Å². The van der Waals surface area contributed by atoms with Gasteiger partial charge in [-0.25, -0.2) is 0 Å². The summed E-state index contributed by atoms with van der Waals surface area (Å²) in [7, 11) is 4.95. The van der Waals surface area contributed by atoms with Crippen molar-refractivity contribution in [1.82, 2.24) is 9.80 Å². The number of para-hydroxylation sites is 1. The molecule has 1 aromatic carbocycles. The molecule has 0 aromatic heterocycles. The second kappa shape index (κ2) is 9.45. The fourth-order valence-electron chi connectivity index (χ4n) is 4.03. The van der Waals surface area contributed by atoms with E-state index >= 15 is 0 Å². The summed E-state index contributed by atoms with van der Waals surface area (Å²) in [5.74, 6) is -0.300. The summed E-state index contributed by atoms with van der Waals surface area (Å²) in [4.78, 5) is 29.1. The molecule has 0 spiro atoms. The number of nitrogens with zero attached hydrogens (tertiary/aromatic N) is 3. The fraction of sp³-hybridized carbons (Fsp3) is 0.591. The number of ether oxygens (including phenoxy) is 3.